The van der Waals surface area contributed by atoms with Crippen LogP contribution in [0.3, 0.4) is 0 Å². The molecule has 130 valence electrons. The van der Waals surface area contributed by atoms with E-state index in [1.165, 1.54) is 18.3 Å². The van der Waals surface area contributed by atoms with Crippen molar-refractivity contribution in [3.8, 4) is 5.75 Å². The van der Waals surface area contributed by atoms with E-state index in [1.54, 1.807) is 11.0 Å². The Kier molecular flexibility index (Phi) is 4.72. The molecule has 6 heteroatoms. The average Bonchev–Trinajstić information content (AvgIpc) is 3.01. The number of ketones is 1. The molecule has 1 amide bonds. The zero-order valence-corrected chi connectivity index (χ0v) is 15.6. The number of aromatic nitrogens is 1. The third kappa shape index (κ3) is 3.22. The third-order valence-electron chi connectivity index (χ3n) is 4.21. The first kappa shape index (κ1) is 17.4. The average molecular weight is 356 g/mol. The van der Waals surface area contributed by atoms with Gasteiger partial charge >= 0.3 is 0 Å². The molecule has 3 rings (SSSR count). The van der Waals surface area contributed by atoms with Gasteiger partial charge in [0.2, 0.25) is 5.91 Å². The van der Waals surface area contributed by atoms with Gasteiger partial charge in [0.05, 0.1) is 11.3 Å². The van der Waals surface area contributed by atoms with Crippen LogP contribution < -0.4 is 9.64 Å². The minimum atomic E-state index is -0.0480. The maximum Gasteiger partial charge on any atom is 0.225 e. The van der Waals surface area contributed by atoms with E-state index in [0.717, 1.165) is 11.1 Å². The minimum Gasteiger partial charge on any atom is -0.488 e. The molecule has 0 N–H and O–H groups in total. The summed E-state index contributed by atoms with van der Waals surface area (Å²) in [6.45, 7) is 8.06. The van der Waals surface area contributed by atoms with Gasteiger partial charge in [-0.1, -0.05) is 12.1 Å². The summed E-state index contributed by atoms with van der Waals surface area (Å²) in [5.74, 6) is 0.610. The number of carbonyl (C=O) groups excluding carboxylic acids is 2. The molecule has 0 saturated carbocycles. The summed E-state index contributed by atoms with van der Waals surface area (Å²) in [4.78, 5) is 30.6. The van der Waals surface area contributed by atoms with E-state index in [4.69, 9.17) is 4.74 Å². The van der Waals surface area contributed by atoms with Crippen molar-refractivity contribution in [2.24, 2.45) is 0 Å². The summed E-state index contributed by atoms with van der Waals surface area (Å²) in [5, 5.41) is 2.48. The second-order valence-corrected chi connectivity index (χ2v) is 6.85. The molecular formula is C19H20N2O3S. The second-order valence-electron chi connectivity index (χ2n) is 6.01. The predicted octanol–water partition coefficient (Wildman–Crippen LogP) is 3.79. The van der Waals surface area contributed by atoms with Crippen molar-refractivity contribution in [2.75, 3.05) is 18.1 Å². The number of Topliss-reactive ketones (excluding diaryl/α,β-unsaturated/α-hetero) is 1. The topological polar surface area (TPSA) is 59.5 Å². The molecule has 1 aromatic carbocycles. The third-order valence-corrected chi connectivity index (χ3v) is 5.09. The summed E-state index contributed by atoms with van der Waals surface area (Å²) in [5.41, 5.74) is 3.74. The van der Waals surface area contributed by atoms with Gasteiger partial charge in [-0.25, -0.2) is 4.98 Å². The van der Waals surface area contributed by atoms with Crippen molar-refractivity contribution in [3.05, 3.63) is 45.5 Å². The number of benzene rings is 1. The number of nitrogens with zero attached hydrogens (tertiary/aromatic N) is 2. The van der Waals surface area contributed by atoms with Crippen LogP contribution in [-0.4, -0.2) is 29.8 Å². The van der Waals surface area contributed by atoms with Crippen LogP contribution in [0.5, 0.6) is 5.75 Å². The number of fused-ring (bicyclic) bond motifs is 1. The molecule has 1 aliphatic heterocycles. The van der Waals surface area contributed by atoms with Gasteiger partial charge in [-0.2, -0.15) is 0 Å². The maximum absolute atomic E-state index is 12.9. The van der Waals surface area contributed by atoms with E-state index in [1.807, 2.05) is 38.3 Å². The Morgan fingerprint density at radius 3 is 2.76 bits per heavy atom. The Morgan fingerprint density at radius 1 is 1.36 bits per heavy atom. The lowest BCUT2D eigenvalue weighted by Crippen LogP contribution is -2.27. The van der Waals surface area contributed by atoms with E-state index in [-0.39, 0.29) is 18.3 Å². The Balaban J connectivity index is 1.93. The molecule has 0 unspecified atom stereocenters. The minimum absolute atomic E-state index is 0.0177. The number of ether oxygens (including phenoxy) is 1. The molecule has 2 heterocycles. The second kappa shape index (κ2) is 6.80. The highest BCUT2D eigenvalue weighted by Crippen LogP contribution is 2.33. The van der Waals surface area contributed by atoms with Crippen molar-refractivity contribution >= 4 is 34.2 Å². The standard InChI is InChI=1S/C19H20N2O3S/c1-5-21(13(4)22)19-20-15(10-25-19)8-14-9-24-18-12(3)7-6-11(2)16(18)17(14)23/h6-8,10H,5,9H2,1-4H3/b14-8+. The highest BCUT2D eigenvalue weighted by molar-refractivity contribution is 7.14. The number of anilines is 1. The number of amides is 1. The zero-order valence-electron chi connectivity index (χ0n) is 14.8. The van der Waals surface area contributed by atoms with Crippen molar-refractivity contribution < 1.29 is 14.3 Å². The highest BCUT2D eigenvalue weighted by atomic mass is 32.1. The van der Waals surface area contributed by atoms with Crippen LogP contribution in [0.15, 0.2) is 23.1 Å². The fraction of sp³-hybridized carbons (Fsp3) is 0.316. The molecule has 0 saturated heterocycles. The number of rotatable bonds is 3. The van der Waals surface area contributed by atoms with Crippen molar-refractivity contribution in [1.29, 1.82) is 0 Å². The molecule has 0 bridgehead atoms. The van der Waals surface area contributed by atoms with Crippen LogP contribution in [0, 0.1) is 13.8 Å². The van der Waals surface area contributed by atoms with Crippen LogP contribution >= 0.6 is 11.3 Å². The molecule has 0 radical (unpaired) electrons. The molecule has 2 aromatic rings. The van der Waals surface area contributed by atoms with Crippen molar-refractivity contribution in [3.63, 3.8) is 0 Å². The molecule has 25 heavy (non-hydrogen) atoms. The van der Waals surface area contributed by atoms with Crippen LogP contribution in [0.25, 0.3) is 6.08 Å². The molecule has 1 aromatic heterocycles. The monoisotopic (exact) mass is 356 g/mol. The summed E-state index contributed by atoms with van der Waals surface area (Å²) in [6, 6.07) is 3.90. The van der Waals surface area contributed by atoms with Gasteiger partial charge in [-0.3, -0.25) is 14.5 Å². The number of hydrogen-bond acceptors (Lipinski definition) is 5. The number of hydrogen-bond donors (Lipinski definition) is 0. The highest BCUT2D eigenvalue weighted by Gasteiger charge is 2.26. The summed E-state index contributed by atoms with van der Waals surface area (Å²) in [6.07, 6.45) is 1.75. The van der Waals surface area contributed by atoms with Crippen LogP contribution in [0.2, 0.25) is 0 Å². The van der Waals surface area contributed by atoms with Gasteiger partial charge in [0, 0.05) is 24.4 Å². The largest absolute Gasteiger partial charge is 0.488 e. The van der Waals surface area contributed by atoms with E-state index < -0.39 is 0 Å². The first-order valence-corrected chi connectivity index (χ1v) is 9.02. The van der Waals surface area contributed by atoms with Crippen molar-refractivity contribution in [2.45, 2.75) is 27.7 Å². The molecule has 0 aliphatic carbocycles. The summed E-state index contributed by atoms with van der Waals surface area (Å²) in [7, 11) is 0. The van der Waals surface area contributed by atoms with E-state index >= 15 is 0 Å². The Hall–Kier alpha value is -2.47. The van der Waals surface area contributed by atoms with Crippen LogP contribution in [-0.2, 0) is 4.79 Å². The Labute approximate surface area is 150 Å². The van der Waals surface area contributed by atoms with E-state index in [2.05, 4.69) is 4.98 Å². The first-order chi connectivity index (χ1) is 11.9. The van der Waals surface area contributed by atoms with Gasteiger partial charge in [-0.15, -0.1) is 11.3 Å². The van der Waals surface area contributed by atoms with Gasteiger partial charge in [0.1, 0.15) is 12.4 Å². The van der Waals surface area contributed by atoms with Crippen LogP contribution in [0.4, 0.5) is 5.13 Å². The van der Waals surface area contributed by atoms with Gasteiger partial charge in [0.25, 0.3) is 0 Å². The Bertz CT molecular complexity index is 883. The van der Waals surface area contributed by atoms with Crippen molar-refractivity contribution in [1.82, 2.24) is 4.98 Å². The molecule has 0 spiro atoms. The summed E-state index contributed by atoms with van der Waals surface area (Å²) < 4.78 is 5.83. The molecular weight excluding hydrogens is 336 g/mol. The number of carbonyl (C=O) groups is 2. The normalized spacial score (nSPS) is 15.0. The zero-order chi connectivity index (χ0) is 18.1. The lowest BCUT2D eigenvalue weighted by molar-refractivity contribution is -0.116. The molecule has 5 nitrogen and oxygen atoms in total. The predicted molar refractivity (Wildman–Crippen MR) is 99.5 cm³/mol. The fourth-order valence-electron chi connectivity index (χ4n) is 2.87. The van der Waals surface area contributed by atoms with E-state index in [0.29, 0.717) is 34.3 Å². The molecule has 1 aliphatic rings. The lowest BCUT2D eigenvalue weighted by Gasteiger charge is -2.22. The molecule has 0 fully saturated rings. The number of aryl methyl sites for hydroxylation is 2. The smallest absolute Gasteiger partial charge is 0.225 e. The van der Waals surface area contributed by atoms with Gasteiger partial charge in [0.15, 0.2) is 10.9 Å². The first-order valence-electron chi connectivity index (χ1n) is 8.14. The quantitative estimate of drug-likeness (QED) is 0.785. The Morgan fingerprint density at radius 2 is 2.08 bits per heavy atom. The SMILES string of the molecule is CCN(C(C)=O)c1nc(/C=C2\COc3c(C)ccc(C)c3C2=O)cs1. The summed E-state index contributed by atoms with van der Waals surface area (Å²) >= 11 is 1.39. The van der Waals surface area contributed by atoms with Gasteiger partial charge in [-0.05, 0) is 38.0 Å². The van der Waals surface area contributed by atoms with Crippen LogP contribution in [0.1, 0.15) is 41.0 Å². The maximum atomic E-state index is 12.9. The lowest BCUT2D eigenvalue weighted by atomic mass is 9.93. The van der Waals surface area contributed by atoms with E-state index in [9.17, 15) is 9.59 Å². The number of thiazole rings is 1. The fourth-order valence-corrected chi connectivity index (χ4v) is 3.76. The van der Waals surface area contributed by atoms with Gasteiger partial charge < -0.3 is 4.74 Å². The molecule has 0 atom stereocenters.